The molecule has 0 bridgehead atoms. The van der Waals surface area contributed by atoms with Crippen LogP contribution in [0.2, 0.25) is 0 Å². The third-order valence-electron chi connectivity index (χ3n) is 3.58. The van der Waals surface area contributed by atoms with Crippen LogP contribution in [-0.4, -0.2) is 37.5 Å². The third-order valence-corrected chi connectivity index (χ3v) is 3.58. The quantitative estimate of drug-likeness (QED) is 0.822. The Balaban J connectivity index is 2.05. The van der Waals surface area contributed by atoms with E-state index in [0.717, 1.165) is 32.5 Å². The highest BCUT2D eigenvalue weighted by atomic mass is 16.1. The van der Waals surface area contributed by atoms with Crippen LogP contribution in [-0.2, 0) is 4.79 Å². The highest BCUT2D eigenvalue weighted by molar-refractivity contribution is 5.75. The smallest absolute Gasteiger partial charge is 0.220 e. The molecule has 1 fully saturated rings. The van der Waals surface area contributed by atoms with Crippen molar-refractivity contribution in [2.45, 2.75) is 25.2 Å². The van der Waals surface area contributed by atoms with Crippen LogP contribution in [0.1, 0.15) is 30.7 Å². The van der Waals surface area contributed by atoms with E-state index in [-0.39, 0.29) is 5.91 Å². The van der Waals surface area contributed by atoms with Gasteiger partial charge in [0.1, 0.15) is 0 Å². The first-order valence-electron chi connectivity index (χ1n) is 6.76. The second kappa shape index (κ2) is 6.55. The monoisotopic (exact) mass is 246 g/mol. The summed E-state index contributed by atoms with van der Waals surface area (Å²) in [5.74, 6) is 0.735. The molecule has 1 aromatic carbocycles. The normalized spacial score (nSPS) is 23.4. The topological polar surface area (TPSA) is 32.3 Å². The number of nitrogens with one attached hydrogen (secondary N) is 1. The second-order valence-corrected chi connectivity index (χ2v) is 5.11. The summed E-state index contributed by atoms with van der Waals surface area (Å²) in [5, 5.41) is 2.96. The summed E-state index contributed by atoms with van der Waals surface area (Å²) in [5.41, 5.74) is 1.39. The average Bonchev–Trinajstić information content (AvgIpc) is 2.38. The molecule has 98 valence electrons. The van der Waals surface area contributed by atoms with Crippen molar-refractivity contribution in [3.8, 4) is 0 Å². The Hall–Kier alpha value is -1.35. The van der Waals surface area contributed by atoms with Gasteiger partial charge < -0.3 is 10.2 Å². The van der Waals surface area contributed by atoms with Gasteiger partial charge in [-0.3, -0.25) is 4.79 Å². The maximum absolute atomic E-state index is 11.5. The van der Waals surface area contributed by atoms with Gasteiger partial charge in [0.05, 0.1) is 0 Å². The van der Waals surface area contributed by atoms with Crippen LogP contribution in [0.4, 0.5) is 0 Å². The van der Waals surface area contributed by atoms with Gasteiger partial charge in [-0.25, -0.2) is 0 Å². The molecule has 1 aromatic rings. The predicted octanol–water partition coefficient (Wildman–Crippen LogP) is 2.00. The van der Waals surface area contributed by atoms with Gasteiger partial charge in [0.2, 0.25) is 5.91 Å². The number of amides is 1. The lowest BCUT2D eigenvalue weighted by molar-refractivity contribution is -0.121. The zero-order valence-corrected chi connectivity index (χ0v) is 11.1. The Bertz CT molecular complexity index is 377. The first kappa shape index (κ1) is 13.1. The van der Waals surface area contributed by atoms with Gasteiger partial charge in [0.25, 0.3) is 0 Å². The minimum absolute atomic E-state index is 0.192. The molecule has 1 N–H and O–H groups in total. The van der Waals surface area contributed by atoms with E-state index in [1.54, 1.807) is 0 Å². The Kier molecular flexibility index (Phi) is 4.76. The maximum Gasteiger partial charge on any atom is 0.220 e. The largest absolute Gasteiger partial charge is 0.355 e. The lowest BCUT2D eigenvalue weighted by Gasteiger charge is -2.26. The van der Waals surface area contributed by atoms with Crippen LogP contribution in [0.3, 0.4) is 0 Å². The summed E-state index contributed by atoms with van der Waals surface area (Å²) in [6.45, 7) is 2.76. The van der Waals surface area contributed by atoms with Crippen LogP contribution < -0.4 is 5.32 Å². The van der Waals surface area contributed by atoms with Crippen LogP contribution in [0.25, 0.3) is 0 Å². The van der Waals surface area contributed by atoms with Gasteiger partial charge in [0, 0.05) is 26.1 Å². The molecular formula is C15H22N2O. The summed E-state index contributed by atoms with van der Waals surface area (Å²) >= 11 is 0. The van der Waals surface area contributed by atoms with Gasteiger partial charge in [-0.1, -0.05) is 30.3 Å². The van der Waals surface area contributed by atoms with Gasteiger partial charge >= 0.3 is 0 Å². The number of likely N-dealkylation sites (N-methyl/N-ethyl adjacent to an activating group) is 1. The van der Waals surface area contributed by atoms with E-state index in [2.05, 4.69) is 47.6 Å². The van der Waals surface area contributed by atoms with Crippen LogP contribution in [0.5, 0.6) is 0 Å². The fourth-order valence-electron chi connectivity index (χ4n) is 2.54. The summed E-state index contributed by atoms with van der Waals surface area (Å²) in [4.78, 5) is 13.8. The lowest BCUT2D eigenvalue weighted by Crippen LogP contribution is -2.36. The number of rotatable bonds is 1. The molecule has 2 rings (SSSR count). The zero-order chi connectivity index (χ0) is 12.8. The molecule has 1 atom stereocenters. The third kappa shape index (κ3) is 3.84. The van der Waals surface area contributed by atoms with Crippen molar-refractivity contribution in [3.63, 3.8) is 0 Å². The number of carbonyl (C=O) groups is 1. The molecule has 18 heavy (non-hydrogen) atoms. The Morgan fingerprint density at radius 1 is 1.28 bits per heavy atom. The standard InChI is InChI=1S/C15H22N2O/c1-17-11-10-16-15(18)9-5-8-14(12-17)13-6-3-2-4-7-13/h2-4,6-7,14H,5,8-12H2,1H3,(H,16,18). The molecule has 0 aliphatic carbocycles. The highest BCUT2D eigenvalue weighted by Crippen LogP contribution is 2.23. The average molecular weight is 246 g/mol. The fourth-order valence-corrected chi connectivity index (χ4v) is 2.54. The number of benzene rings is 1. The number of nitrogens with zero attached hydrogens (tertiary/aromatic N) is 1. The maximum atomic E-state index is 11.5. The minimum atomic E-state index is 0.192. The van der Waals surface area contributed by atoms with Crippen molar-refractivity contribution in [2.75, 3.05) is 26.7 Å². The predicted molar refractivity (Wildman–Crippen MR) is 73.5 cm³/mol. The molecule has 0 spiro atoms. The number of hydrogen-bond donors (Lipinski definition) is 1. The first-order valence-corrected chi connectivity index (χ1v) is 6.76. The van der Waals surface area contributed by atoms with Gasteiger partial charge in [-0.05, 0) is 31.4 Å². The fraction of sp³-hybridized carbons (Fsp3) is 0.533. The Morgan fingerprint density at radius 2 is 2.06 bits per heavy atom. The minimum Gasteiger partial charge on any atom is -0.355 e. The second-order valence-electron chi connectivity index (χ2n) is 5.11. The summed E-state index contributed by atoms with van der Waals surface area (Å²) in [6.07, 6.45) is 2.72. The van der Waals surface area contributed by atoms with E-state index in [1.165, 1.54) is 5.56 Å². The molecule has 1 heterocycles. The molecule has 1 unspecified atom stereocenters. The molecular weight excluding hydrogens is 224 g/mol. The molecule has 3 nitrogen and oxygen atoms in total. The SMILES string of the molecule is CN1CCNC(=O)CCCC(c2ccccc2)C1. The molecule has 1 aliphatic heterocycles. The Morgan fingerprint density at radius 3 is 2.83 bits per heavy atom. The van der Waals surface area contributed by atoms with E-state index < -0.39 is 0 Å². The van der Waals surface area contributed by atoms with Crippen molar-refractivity contribution in [3.05, 3.63) is 35.9 Å². The molecule has 1 saturated heterocycles. The van der Waals surface area contributed by atoms with Gasteiger partial charge in [-0.15, -0.1) is 0 Å². The van der Waals surface area contributed by atoms with Crippen LogP contribution >= 0.6 is 0 Å². The van der Waals surface area contributed by atoms with Gasteiger partial charge in [-0.2, -0.15) is 0 Å². The van der Waals surface area contributed by atoms with Crippen molar-refractivity contribution in [2.24, 2.45) is 0 Å². The molecule has 1 amide bonds. The van der Waals surface area contributed by atoms with Gasteiger partial charge in [0.15, 0.2) is 0 Å². The zero-order valence-electron chi connectivity index (χ0n) is 11.1. The van der Waals surface area contributed by atoms with E-state index in [9.17, 15) is 4.79 Å². The Labute approximate surface area is 109 Å². The number of hydrogen-bond acceptors (Lipinski definition) is 2. The number of carbonyl (C=O) groups excluding carboxylic acids is 1. The van der Waals surface area contributed by atoms with Crippen molar-refractivity contribution >= 4 is 5.91 Å². The molecule has 0 aromatic heterocycles. The molecule has 0 radical (unpaired) electrons. The highest BCUT2D eigenvalue weighted by Gasteiger charge is 2.16. The van der Waals surface area contributed by atoms with E-state index in [0.29, 0.717) is 12.3 Å². The molecule has 1 aliphatic rings. The van der Waals surface area contributed by atoms with Crippen molar-refractivity contribution in [1.82, 2.24) is 10.2 Å². The van der Waals surface area contributed by atoms with E-state index in [1.807, 2.05) is 0 Å². The summed E-state index contributed by atoms with van der Waals surface area (Å²) < 4.78 is 0. The lowest BCUT2D eigenvalue weighted by atomic mass is 9.92. The summed E-state index contributed by atoms with van der Waals surface area (Å²) in [6, 6.07) is 10.7. The van der Waals surface area contributed by atoms with E-state index >= 15 is 0 Å². The van der Waals surface area contributed by atoms with Crippen molar-refractivity contribution in [1.29, 1.82) is 0 Å². The van der Waals surface area contributed by atoms with Crippen LogP contribution in [0.15, 0.2) is 30.3 Å². The van der Waals surface area contributed by atoms with Crippen LogP contribution in [0, 0.1) is 0 Å². The van der Waals surface area contributed by atoms with Crippen molar-refractivity contribution < 1.29 is 4.79 Å². The first-order chi connectivity index (χ1) is 8.75. The van der Waals surface area contributed by atoms with E-state index in [4.69, 9.17) is 0 Å². The molecule has 0 saturated carbocycles. The summed E-state index contributed by atoms with van der Waals surface area (Å²) in [7, 11) is 2.13. The molecule has 3 heteroatoms.